The molecule has 0 unspecified atom stereocenters. The molecule has 0 radical (unpaired) electrons. The zero-order chi connectivity index (χ0) is 18.6. The van der Waals surface area contributed by atoms with Gasteiger partial charge in [0.25, 0.3) is 0 Å². The van der Waals surface area contributed by atoms with Gasteiger partial charge in [0, 0.05) is 24.8 Å². The third kappa shape index (κ3) is 9.34. The molecule has 1 aliphatic heterocycles. The van der Waals surface area contributed by atoms with Gasteiger partial charge < -0.3 is 14.4 Å². The van der Waals surface area contributed by atoms with Crippen LogP contribution >= 0.6 is 12.4 Å². The highest BCUT2D eigenvalue weighted by Gasteiger charge is 2.21. The molecule has 1 saturated heterocycles. The maximum atomic E-state index is 12.1. The molecule has 1 N–H and O–H groups in total. The first kappa shape index (κ1) is 23.6. The Labute approximate surface area is 170 Å². The number of halogens is 1. The Kier molecular flexibility index (Phi) is 11.9. The summed E-state index contributed by atoms with van der Waals surface area (Å²) in [6, 6.07) is 7.51. The molecule has 2 rings (SSSR count). The number of unbranched alkanes of at least 4 members (excludes halogenated alkanes) is 3. The minimum atomic E-state index is -0.376. The number of likely N-dealkylation sites (tertiary alicyclic amines) is 1. The fraction of sp³-hybridized carbons (Fsp3) is 0.667. The van der Waals surface area contributed by atoms with Gasteiger partial charge in [-0.3, -0.25) is 5.32 Å². The summed E-state index contributed by atoms with van der Waals surface area (Å²) in [5.74, 6) is 0.784. The van der Waals surface area contributed by atoms with Crippen molar-refractivity contribution in [3.8, 4) is 5.75 Å². The van der Waals surface area contributed by atoms with Crippen LogP contribution in [0.15, 0.2) is 24.3 Å². The van der Waals surface area contributed by atoms with E-state index in [4.69, 9.17) is 9.47 Å². The summed E-state index contributed by atoms with van der Waals surface area (Å²) < 4.78 is 11.3. The third-order valence-corrected chi connectivity index (χ3v) is 4.70. The number of carbonyl (C=O) groups excluding carboxylic acids is 1. The van der Waals surface area contributed by atoms with Crippen LogP contribution in [0.2, 0.25) is 0 Å². The van der Waals surface area contributed by atoms with E-state index in [1.807, 2.05) is 24.3 Å². The summed E-state index contributed by atoms with van der Waals surface area (Å²) in [7, 11) is 0. The summed E-state index contributed by atoms with van der Waals surface area (Å²) in [5.41, 5.74) is 0.712. The SMILES string of the molecule is CCCCCCOc1cccc(NC(=O)OC2CCN(CCC)CC2)c1.Cl. The molecule has 27 heavy (non-hydrogen) atoms. The van der Waals surface area contributed by atoms with E-state index in [0.29, 0.717) is 12.3 Å². The first-order valence-corrected chi connectivity index (χ1v) is 10.1. The lowest BCUT2D eigenvalue weighted by Gasteiger charge is -2.31. The molecule has 0 aromatic heterocycles. The van der Waals surface area contributed by atoms with Gasteiger partial charge in [-0.05, 0) is 44.4 Å². The molecular weight excluding hydrogens is 364 g/mol. The van der Waals surface area contributed by atoms with Crippen molar-refractivity contribution in [1.29, 1.82) is 0 Å². The lowest BCUT2D eigenvalue weighted by Crippen LogP contribution is -2.38. The van der Waals surface area contributed by atoms with Gasteiger partial charge in [-0.1, -0.05) is 39.2 Å². The van der Waals surface area contributed by atoms with Gasteiger partial charge in [-0.25, -0.2) is 4.79 Å². The number of ether oxygens (including phenoxy) is 2. The van der Waals surface area contributed by atoms with Crippen LogP contribution in [0.5, 0.6) is 5.75 Å². The molecule has 0 saturated carbocycles. The Morgan fingerprint density at radius 2 is 1.93 bits per heavy atom. The van der Waals surface area contributed by atoms with Crippen LogP contribution < -0.4 is 10.1 Å². The van der Waals surface area contributed by atoms with E-state index in [0.717, 1.165) is 44.6 Å². The minimum Gasteiger partial charge on any atom is -0.494 e. The Bertz CT molecular complexity index is 534. The fourth-order valence-corrected chi connectivity index (χ4v) is 3.25. The Morgan fingerprint density at radius 1 is 1.15 bits per heavy atom. The summed E-state index contributed by atoms with van der Waals surface area (Å²) in [4.78, 5) is 14.6. The molecule has 1 fully saturated rings. The van der Waals surface area contributed by atoms with E-state index in [1.54, 1.807) is 0 Å². The standard InChI is InChI=1S/C21H34N2O3.ClH/c1-3-5-6-7-16-25-20-10-8-9-18(17-20)22-21(24)26-19-11-14-23(13-4-2)15-12-19;/h8-10,17,19H,3-7,11-16H2,1-2H3,(H,22,24);1H. The number of hydrogen-bond acceptors (Lipinski definition) is 4. The lowest BCUT2D eigenvalue weighted by molar-refractivity contribution is 0.0590. The molecule has 0 spiro atoms. The fourth-order valence-electron chi connectivity index (χ4n) is 3.25. The Balaban J connectivity index is 0.00000364. The van der Waals surface area contributed by atoms with Gasteiger partial charge in [0.1, 0.15) is 11.9 Å². The molecule has 0 aliphatic carbocycles. The molecule has 154 valence electrons. The number of nitrogens with one attached hydrogen (secondary N) is 1. The highest BCUT2D eigenvalue weighted by molar-refractivity contribution is 5.85. The predicted octanol–water partition coefficient (Wildman–Crippen LogP) is 5.49. The van der Waals surface area contributed by atoms with E-state index in [1.165, 1.54) is 25.7 Å². The lowest BCUT2D eigenvalue weighted by atomic mass is 10.1. The number of carbonyl (C=O) groups is 1. The second-order valence-electron chi connectivity index (χ2n) is 7.01. The normalized spacial score (nSPS) is 15.0. The van der Waals surface area contributed by atoms with Gasteiger partial charge in [0.2, 0.25) is 0 Å². The second kappa shape index (κ2) is 13.7. The van der Waals surface area contributed by atoms with Crippen LogP contribution in [0.3, 0.4) is 0 Å². The van der Waals surface area contributed by atoms with Gasteiger partial charge in [0.15, 0.2) is 0 Å². The van der Waals surface area contributed by atoms with Crippen LogP contribution in [0.1, 0.15) is 58.8 Å². The number of rotatable bonds is 10. The molecule has 0 bridgehead atoms. The minimum absolute atomic E-state index is 0. The van der Waals surface area contributed by atoms with Crippen molar-refractivity contribution in [3.05, 3.63) is 24.3 Å². The van der Waals surface area contributed by atoms with Crippen LogP contribution in [0.25, 0.3) is 0 Å². The smallest absolute Gasteiger partial charge is 0.411 e. The average molecular weight is 399 g/mol. The van der Waals surface area contributed by atoms with E-state index < -0.39 is 0 Å². The van der Waals surface area contributed by atoms with Crippen molar-refractivity contribution in [2.45, 2.75) is 64.9 Å². The molecule has 6 heteroatoms. The van der Waals surface area contributed by atoms with E-state index in [-0.39, 0.29) is 24.6 Å². The first-order chi connectivity index (χ1) is 12.7. The van der Waals surface area contributed by atoms with E-state index in [9.17, 15) is 4.79 Å². The molecule has 1 aliphatic rings. The highest BCUT2D eigenvalue weighted by Crippen LogP contribution is 2.19. The van der Waals surface area contributed by atoms with Crippen molar-refractivity contribution in [2.24, 2.45) is 0 Å². The van der Waals surface area contributed by atoms with E-state index in [2.05, 4.69) is 24.1 Å². The van der Waals surface area contributed by atoms with Crippen LogP contribution in [-0.2, 0) is 4.74 Å². The number of hydrogen-bond donors (Lipinski definition) is 1. The maximum absolute atomic E-state index is 12.1. The van der Waals surface area contributed by atoms with Crippen molar-refractivity contribution in [3.63, 3.8) is 0 Å². The van der Waals surface area contributed by atoms with Crippen LogP contribution in [0.4, 0.5) is 10.5 Å². The third-order valence-electron chi connectivity index (χ3n) is 4.70. The topological polar surface area (TPSA) is 50.8 Å². The molecule has 1 heterocycles. The van der Waals surface area contributed by atoms with Crippen LogP contribution in [0, 0.1) is 0 Å². The Morgan fingerprint density at radius 3 is 2.63 bits per heavy atom. The zero-order valence-corrected chi connectivity index (χ0v) is 17.6. The maximum Gasteiger partial charge on any atom is 0.411 e. The van der Waals surface area contributed by atoms with Gasteiger partial charge >= 0.3 is 6.09 Å². The van der Waals surface area contributed by atoms with Crippen molar-refractivity contribution in [2.75, 3.05) is 31.6 Å². The summed E-state index contributed by atoms with van der Waals surface area (Å²) in [5, 5.41) is 2.82. The first-order valence-electron chi connectivity index (χ1n) is 10.1. The monoisotopic (exact) mass is 398 g/mol. The zero-order valence-electron chi connectivity index (χ0n) is 16.7. The molecule has 1 amide bonds. The molecular formula is C21H35ClN2O3. The largest absolute Gasteiger partial charge is 0.494 e. The summed E-state index contributed by atoms with van der Waals surface area (Å²) in [6.07, 6.45) is 7.35. The van der Waals surface area contributed by atoms with Crippen LogP contribution in [-0.4, -0.2) is 43.3 Å². The summed E-state index contributed by atoms with van der Waals surface area (Å²) in [6.45, 7) is 8.25. The summed E-state index contributed by atoms with van der Waals surface area (Å²) >= 11 is 0. The molecule has 1 aromatic carbocycles. The quantitative estimate of drug-likeness (QED) is 0.529. The molecule has 0 atom stereocenters. The predicted molar refractivity (Wildman–Crippen MR) is 113 cm³/mol. The second-order valence-corrected chi connectivity index (χ2v) is 7.01. The van der Waals surface area contributed by atoms with Gasteiger partial charge in [-0.15, -0.1) is 12.4 Å². The molecule has 5 nitrogen and oxygen atoms in total. The van der Waals surface area contributed by atoms with Crippen molar-refractivity contribution < 1.29 is 14.3 Å². The Hall–Kier alpha value is -1.46. The van der Waals surface area contributed by atoms with E-state index >= 15 is 0 Å². The highest BCUT2D eigenvalue weighted by atomic mass is 35.5. The number of anilines is 1. The number of nitrogens with zero attached hydrogens (tertiary/aromatic N) is 1. The number of benzene rings is 1. The number of piperidine rings is 1. The van der Waals surface area contributed by atoms with Gasteiger partial charge in [0.05, 0.1) is 6.61 Å². The van der Waals surface area contributed by atoms with Crippen molar-refractivity contribution >= 4 is 24.2 Å². The van der Waals surface area contributed by atoms with Crippen molar-refractivity contribution in [1.82, 2.24) is 4.90 Å². The van der Waals surface area contributed by atoms with Gasteiger partial charge in [-0.2, -0.15) is 0 Å². The molecule has 1 aromatic rings. The average Bonchev–Trinajstić information content (AvgIpc) is 2.64. The number of amides is 1.